The first-order valence-electron chi connectivity index (χ1n) is 9.42. The van der Waals surface area contributed by atoms with Gasteiger partial charge in [0.15, 0.2) is 5.75 Å². The number of rotatable bonds is 7. The highest BCUT2D eigenvalue weighted by Crippen LogP contribution is 2.41. The van der Waals surface area contributed by atoms with Crippen LogP contribution < -0.4 is 9.46 Å². The third-order valence-electron chi connectivity index (χ3n) is 4.54. The second kappa shape index (κ2) is 10.4. The molecule has 33 heavy (non-hydrogen) atoms. The molecule has 0 bridgehead atoms. The van der Waals surface area contributed by atoms with Gasteiger partial charge in [-0.05, 0) is 55.3 Å². The Morgan fingerprint density at radius 3 is 2.39 bits per heavy atom. The van der Waals surface area contributed by atoms with Crippen molar-refractivity contribution in [3.05, 3.63) is 92.1 Å². The smallest absolute Gasteiger partial charge is 0.263 e. The molecule has 5 nitrogen and oxygen atoms in total. The van der Waals surface area contributed by atoms with Gasteiger partial charge in [-0.2, -0.15) is 0 Å². The summed E-state index contributed by atoms with van der Waals surface area (Å²) in [6.07, 6.45) is 1.45. The number of allylic oxidation sites excluding steroid dienone is 1. The number of hydrogen-bond donors (Lipinski definition) is 1. The molecule has 3 rings (SSSR count). The van der Waals surface area contributed by atoms with Gasteiger partial charge in [-0.3, -0.25) is 9.71 Å². The van der Waals surface area contributed by atoms with E-state index in [-0.39, 0.29) is 37.2 Å². The maximum absolute atomic E-state index is 12.8. The lowest BCUT2D eigenvalue weighted by atomic mass is 10.2. The summed E-state index contributed by atoms with van der Waals surface area (Å²) in [5, 5.41) is 0.492. The predicted octanol–water partition coefficient (Wildman–Crippen LogP) is 8.01. The zero-order chi connectivity index (χ0) is 24.3. The Balaban J connectivity index is 1.85. The summed E-state index contributed by atoms with van der Waals surface area (Å²) in [4.78, 5) is 4.21. The normalized spacial score (nSPS) is 11.6. The molecule has 3 aromatic carbocycles. The molecule has 0 aliphatic rings. The summed E-state index contributed by atoms with van der Waals surface area (Å²) in [5.74, 6) is 0.326. The first-order valence-corrected chi connectivity index (χ1v) is 12.4. The number of hydrogen-bond acceptors (Lipinski definition) is 4. The molecule has 0 aliphatic carbocycles. The van der Waals surface area contributed by atoms with Crippen LogP contribution in [0.5, 0.6) is 5.75 Å². The third kappa shape index (κ3) is 6.02. The second-order valence-corrected chi connectivity index (χ2v) is 10.2. The van der Waals surface area contributed by atoms with E-state index in [2.05, 4.69) is 16.3 Å². The van der Waals surface area contributed by atoms with Crippen molar-refractivity contribution in [2.45, 2.75) is 18.7 Å². The Kier molecular flexibility index (Phi) is 7.98. The molecule has 0 aliphatic heterocycles. The van der Waals surface area contributed by atoms with E-state index in [1.54, 1.807) is 6.92 Å². The third-order valence-corrected chi connectivity index (χ3v) is 7.36. The number of nitrogens with one attached hydrogen (secondary N) is 1. The van der Waals surface area contributed by atoms with Crippen LogP contribution in [0.25, 0.3) is 0 Å². The SMILES string of the molecule is C=C(/C=N\c1ccccc1C)Oc1c(Cl)cc(NS(=O)(=O)c2ccc(Cl)cc2Cl)c(C)c1Cl. The van der Waals surface area contributed by atoms with Crippen molar-refractivity contribution < 1.29 is 13.2 Å². The van der Waals surface area contributed by atoms with Crippen molar-refractivity contribution in [3.8, 4) is 5.75 Å². The Bertz CT molecular complexity index is 1370. The molecule has 0 saturated carbocycles. The van der Waals surface area contributed by atoms with Crippen LogP contribution in [-0.2, 0) is 10.0 Å². The van der Waals surface area contributed by atoms with E-state index < -0.39 is 10.0 Å². The van der Waals surface area contributed by atoms with Gasteiger partial charge in [0.25, 0.3) is 10.0 Å². The van der Waals surface area contributed by atoms with Crippen molar-refractivity contribution >= 4 is 74.0 Å². The summed E-state index contributed by atoms with van der Waals surface area (Å²) in [7, 11) is -4.03. The summed E-state index contributed by atoms with van der Waals surface area (Å²) >= 11 is 24.7. The standard InChI is InChI=1S/C23H18Cl4N2O3S/c1-13-6-4-5-7-19(13)28-12-14(2)32-23-18(26)11-20(15(3)22(23)27)29-33(30,31)21-9-8-16(24)10-17(21)25/h4-12,29H,2H2,1,3H3/b28-12-. The quantitative estimate of drug-likeness (QED) is 0.242. The molecule has 0 saturated heterocycles. The Labute approximate surface area is 212 Å². The summed E-state index contributed by atoms with van der Waals surface area (Å²) in [6.45, 7) is 7.38. The van der Waals surface area contributed by atoms with Crippen molar-refractivity contribution in [1.82, 2.24) is 0 Å². The average molecular weight is 544 g/mol. The number of nitrogens with zero attached hydrogens (tertiary/aromatic N) is 1. The lowest BCUT2D eigenvalue weighted by Gasteiger charge is -2.16. The molecule has 0 unspecified atom stereocenters. The second-order valence-electron chi connectivity index (χ2n) is 6.97. The van der Waals surface area contributed by atoms with E-state index in [0.717, 1.165) is 11.3 Å². The summed E-state index contributed by atoms with van der Waals surface area (Å²) in [5.41, 5.74) is 2.32. The Hall–Kier alpha value is -2.22. The van der Waals surface area contributed by atoms with E-state index in [9.17, 15) is 8.42 Å². The van der Waals surface area contributed by atoms with Crippen molar-refractivity contribution in [3.63, 3.8) is 0 Å². The van der Waals surface area contributed by atoms with Crippen molar-refractivity contribution in [2.75, 3.05) is 4.72 Å². The number of para-hydroxylation sites is 1. The van der Waals surface area contributed by atoms with Gasteiger partial charge in [0.05, 0.1) is 32.7 Å². The van der Waals surface area contributed by atoms with E-state index in [1.165, 1.54) is 30.5 Å². The van der Waals surface area contributed by atoms with E-state index in [1.807, 2.05) is 31.2 Å². The summed E-state index contributed by atoms with van der Waals surface area (Å²) in [6, 6.07) is 13.0. The highest BCUT2D eigenvalue weighted by molar-refractivity contribution is 7.92. The highest BCUT2D eigenvalue weighted by Gasteiger charge is 2.22. The molecule has 0 heterocycles. The zero-order valence-electron chi connectivity index (χ0n) is 17.5. The molecule has 172 valence electrons. The topological polar surface area (TPSA) is 67.8 Å². The van der Waals surface area contributed by atoms with Crippen LogP contribution in [-0.4, -0.2) is 14.6 Å². The van der Waals surface area contributed by atoms with Crippen molar-refractivity contribution in [2.24, 2.45) is 4.99 Å². The average Bonchev–Trinajstić information content (AvgIpc) is 2.74. The largest absolute Gasteiger partial charge is 0.453 e. The molecule has 0 amide bonds. The number of benzene rings is 3. The van der Waals surface area contributed by atoms with Crippen LogP contribution in [0.1, 0.15) is 11.1 Å². The predicted molar refractivity (Wildman–Crippen MR) is 138 cm³/mol. The minimum absolute atomic E-state index is 0.0194. The fraction of sp³-hybridized carbons (Fsp3) is 0.0870. The van der Waals surface area contributed by atoms with Crippen LogP contribution in [0.2, 0.25) is 20.1 Å². The van der Waals surface area contributed by atoms with E-state index in [4.69, 9.17) is 51.1 Å². The van der Waals surface area contributed by atoms with Gasteiger partial charge in [-0.25, -0.2) is 8.42 Å². The lowest BCUT2D eigenvalue weighted by Crippen LogP contribution is -2.14. The van der Waals surface area contributed by atoms with Gasteiger partial charge in [0.1, 0.15) is 10.7 Å². The fourth-order valence-electron chi connectivity index (χ4n) is 2.79. The molecule has 3 aromatic rings. The first-order chi connectivity index (χ1) is 15.5. The van der Waals surface area contributed by atoms with Gasteiger partial charge in [-0.1, -0.05) is 71.2 Å². The monoisotopic (exact) mass is 542 g/mol. The number of aryl methyl sites for hydroxylation is 1. The first kappa shape index (κ1) is 25.4. The molecule has 0 fully saturated rings. The molecule has 1 N–H and O–H groups in total. The van der Waals surface area contributed by atoms with Crippen LogP contribution >= 0.6 is 46.4 Å². The van der Waals surface area contributed by atoms with Crippen LogP contribution in [0.4, 0.5) is 11.4 Å². The van der Waals surface area contributed by atoms with Crippen LogP contribution in [0.3, 0.4) is 0 Å². The molecule has 10 heteroatoms. The van der Waals surface area contributed by atoms with Crippen LogP contribution in [0, 0.1) is 13.8 Å². The molecule has 0 spiro atoms. The van der Waals surface area contributed by atoms with Gasteiger partial charge >= 0.3 is 0 Å². The number of ether oxygens (including phenoxy) is 1. The maximum Gasteiger partial charge on any atom is 0.263 e. The molecular weight excluding hydrogens is 526 g/mol. The minimum Gasteiger partial charge on any atom is -0.453 e. The zero-order valence-corrected chi connectivity index (χ0v) is 21.3. The molecule has 0 atom stereocenters. The highest BCUT2D eigenvalue weighted by atomic mass is 35.5. The molecule has 0 aromatic heterocycles. The minimum atomic E-state index is -4.03. The number of aliphatic imine (C=N–C) groups is 1. The van der Waals surface area contributed by atoms with Crippen LogP contribution in [0.15, 0.2) is 70.8 Å². The van der Waals surface area contributed by atoms with Gasteiger partial charge < -0.3 is 4.74 Å². The number of anilines is 1. The van der Waals surface area contributed by atoms with Gasteiger partial charge in [0.2, 0.25) is 0 Å². The number of halogens is 4. The Morgan fingerprint density at radius 2 is 1.73 bits per heavy atom. The number of sulfonamides is 1. The molecular formula is C23H18Cl4N2O3S. The Morgan fingerprint density at radius 1 is 1.03 bits per heavy atom. The fourth-order valence-corrected chi connectivity index (χ4v) is 5.21. The summed E-state index contributed by atoms with van der Waals surface area (Å²) < 4.78 is 33.8. The molecule has 0 radical (unpaired) electrons. The maximum atomic E-state index is 12.8. The van der Waals surface area contributed by atoms with E-state index in [0.29, 0.717) is 10.6 Å². The van der Waals surface area contributed by atoms with Gasteiger partial charge in [-0.15, -0.1) is 0 Å². The van der Waals surface area contributed by atoms with Gasteiger partial charge in [0, 0.05) is 5.02 Å². The lowest BCUT2D eigenvalue weighted by molar-refractivity contribution is 0.459. The van der Waals surface area contributed by atoms with Crippen molar-refractivity contribution in [1.29, 1.82) is 0 Å². The van der Waals surface area contributed by atoms with E-state index >= 15 is 0 Å².